The first-order valence-electron chi connectivity index (χ1n) is 8.50. The van der Waals surface area contributed by atoms with E-state index in [0.717, 1.165) is 19.1 Å². The second kappa shape index (κ2) is 33.6. The first-order chi connectivity index (χ1) is 9.41. The third-order valence-electron chi connectivity index (χ3n) is 3.58. The van der Waals surface area contributed by atoms with E-state index in [-0.39, 0.29) is 39.7 Å². The number of carbonyl (C=O) groups excluding carboxylic acids is 1. The van der Waals surface area contributed by atoms with Crippen LogP contribution in [0.3, 0.4) is 0 Å². The Balaban J connectivity index is -0.000000270. The molecular weight excluding hydrogens is 327 g/mol. The number of rotatable bonds is 15. The summed E-state index contributed by atoms with van der Waals surface area (Å²) in [6.07, 6.45) is 23.6. The fraction of sp³-hybridized carbons (Fsp3) is 0.850. The van der Waals surface area contributed by atoms with Crippen molar-refractivity contribution in [2.45, 2.75) is 112 Å². The molecule has 1 nitrogen and oxygen atoms in total. The predicted molar refractivity (Wildman–Crippen MR) is 113 cm³/mol. The highest BCUT2D eigenvalue weighted by atomic mass is 35.5. The van der Waals surface area contributed by atoms with Crippen LogP contribution in [0.15, 0.2) is 12.2 Å². The van der Waals surface area contributed by atoms with E-state index in [2.05, 4.69) is 19.1 Å². The number of hydrogen-bond acceptors (Lipinski definition) is 1. The molecule has 0 saturated carbocycles. The second-order valence-corrected chi connectivity index (χ2v) is 5.54. The third kappa shape index (κ3) is 34.4. The predicted octanol–water partition coefficient (Wildman–Crippen LogP) is 8.34. The van der Waals surface area contributed by atoms with Crippen molar-refractivity contribution in [3.05, 3.63) is 12.2 Å². The van der Waals surface area contributed by atoms with Gasteiger partial charge in [-0.1, -0.05) is 85.3 Å². The molecule has 0 unspecified atom stereocenters. The molecule has 0 N–H and O–H groups in total. The van der Waals surface area contributed by atoms with Crippen molar-refractivity contribution >= 4 is 31.1 Å². The van der Waals surface area contributed by atoms with Gasteiger partial charge in [0.1, 0.15) is 6.29 Å². The number of halogens is 2. The van der Waals surface area contributed by atoms with Gasteiger partial charge in [0.2, 0.25) is 0 Å². The van der Waals surface area contributed by atoms with Crippen LogP contribution < -0.4 is 0 Å². The smallest absolute Gasteiger partial charge is 0.119 e. The fourth-order valence-electron chi connectivity index (χ4n) is 2.30. The minimum atomic E-state index is 0. The molecule has 0 spiro atoms. The quantitative estimate of drug-likeness (QED) is 0.161. The van der Waals surface area contributed by atoms with Crippen LogP contribution in [0.5, 0.6) is 0 Å². The second-order valence-electron chi connectivity index (χ2n) is 5.54. The maximum Gasteiger partial charge on any atom is 0.119 e. The van der Waals surface area contributed by atoms with Crippen molar-refractivity contribution in [2.24, 2.45) is 0 Å². The molecule has 0 aromatic heterocycles. The molecule has 3 heteroatoms. The Hall–Kier alpha value is -0.0100. The Bertz CT molecular complexity index is 206. The van der Waals surface area contributed by atoms with Crippen molar-refractivity contribution in [2.75, 3.05) is 0 Å². The van der Waals surface area contributed by atoms with Gasteiger partial charge in [0.25, 0.3) is 0 Å². The highest BCUT2D eigenvalue weighted by molar-refractivity contribution is 5.85. The van der Waals surface area contributed by atoms with Crippen molar-refractivity contribution in [3.8, 4) is 0 Å². The lowest BCUT2D eigenvalue weighted by Crippen LogP contribution is -1.80. The van der Waals surface area contributed by atoms with Gasteiger partial charge in [0, 0.05) is 6.42 Å². The maximum absolute atomic E-state index is 10.1. The van der Waals surface area contributed by atoms with E-state index in [4.69, 9.17) is 0 Å². The SMILES string of the molecule is C.C.CCCCCCCC/C=C\CCCCCCCC=O.Cl.Cl. The van der Waals surface area contributed by atoms with Gasteiger partial charge in [0.15, 0.2) is 0 Å². The third-order valence-corrected chi connectivity index (χ3v) is 3.58. The monoisotopic (exact) mass is 370 g/mol. The Morgan fingerprint density at radius 3 is 1.30 bits per heavy atom. The van der Waals surface area contributed by atoms with Crippen LogP contribution in [0.2, 0.25) is 0 Å². The largest absolute Gasteiger partial charge is 0.303 e. The fourth-order valence-corrected chi connectivity index (χ4v) is 2.30. The van der Waals surface area contributed by atoms with Crippen LogP contribution in [0.4, 0.5) is 0 Å². The van der Waals surface area contributed by atoms with E-state index in [1.54, 1.807) is 0 Å². The average molecular weight is 371 g/mol. The average Bonchev–Trinajstić information content (AvgIpc) is 2.43. The lowest BCUT2D eigenvalue weighted by molar-refractivity contribution is -0.107. The van der Waals surface area contributed by atoms with Gasteiger partial charge in [-0.3, -0.25) is 0 Å². The molecule has 0 aromatic carbocycles. The Kier molecular flexibility index (Phi) is 50.1. The number of allylic oxidation sites excluding steroid dienone is 2. The van der Waals surface area contributed by atoms with Gasteiger partial charge in [0.05, 0.1) is 0 Å². The Morgan fingerprint density at radius 1 is 0.565 bits per heavy atom. The molecule has 0 amide bonds. The molecule has 0 radical (unpaired) electrons. The van der Waals surface area contributed by atoms with E-state index < -0.39 is 0 Å². The van der Waals surface area contributed by atoms with E-state index in [9.17, 15) is 4.79 Å². The highest BCUT2D eigenvalue weighted by Gasteiger charge is 1.90. The zero-order valence-corrected chi connectivity index (χ0v) is 15.5. The topological polar surface area (TPSA) is 17.1 Å². The van der Waals surface area contributed by atoms with Crippen molar-refractivity contribution in [3.63, 3.8) is 0 Å². The standard InChI is InChI=1S/C18H34O.2CH4.2ClH/c1-2-3-4-5-6-7-8-9-10-11-12-13-14-15-16-17-18-19;;;;/h9-10,18H,2-8,11-17H2,1H3;2*1H4;2*1H/b10-9-;;;;. The van der Waals surface area contributed by atoms with Crippen LogP contribution in [0.1, 0.15) is 112 Å². The molecule has 0 fully saturated rings. The number of carbonyl (C=O) groups is 1. The summed E-state index contributed by atoms with van der Waals surface area (Å²) in [4.78, 5) is 10.1. The maximum atomic E-state index is 10.1. The molecule has 0 heterocycles. The molecule has 144 valence electrons. The first-order valence-corrected chi connectivity index (χ1v) is 8.50. The molecule has 23 heavy (non-hydrogen) atoms. The Morgan fingerprint density at radius 2 is 0.913 bits per heavy atom. The lowest BCUT2D eigenvalue weighted by Gasteiger charge is -1.98. The lowest BCUT2D eigenvalue weighted by atomic mass is 10.1. The summed E-state index contributed by atoms with van der Waals surface area (Å²) in [5.74, 6) is 0. The van der Waals surface area contributed by atoms with Crippen LogP contribution in [0.25, 0.3) is 0 Å². The molecule has 0 rings (SSSR count). The van der Waals surface area contributed by atoms with Crippen molar-refractivity contribution < 1.29 is 4.79 Å². The zero-order valence-electron chi connectivity index (χ0n) is 13.9. The van der Waals surface area contributed by atoms with Gasteiger partial charge < -0.3 is 4.79 Å². The van der Waals surface area contributed by atoms with Crippen LogP contribution in [-0.2, 0) is 4.79 Å². The number of hydrogen-bond donors (Lipinski definition) is 0. The van der Waals surface area contributed by atoms with Crippen LogP contribution in [-0.4, -0.2) is 6.29 Å². The summed E-state index contributed by atoms with van der Waals surface area (Å²) in [5, 5.41) is 0. The summed E-state index contributed by atoms with van der Waals surface area (Å²) < 4.78 is 0. The summed E-state index contributed by atoms with van der Waals surface area (Å²) in [5.41, 5.74) is 0. The summed E-state index contributed by atoms with van der Waals surface area (Å²) >= 11 is 0. The molecular formula is C20H44Cl2O. The van der Waals surface area contributed by atoms with Gasteiger partial charge >= 0.3 is 0 Å². The molecule has 0 aliphatic heterocycles. The van der Waals surface area contributed by atoms with E-state index >= 15 is 0 Å². The van der Waals surface area contributed by atoms with Gasteiger partial charge in [-0.2, -0.15) is 0 Å². The molecule has 0 atom stereocenters. The van der Waals surface area contributed by atoms with Crippen molar-refractivity contribution in [1.29, 1.82) is 0 Å². The zero-order chi connectivity index (χ0) is 14.0. The molecule has 0 saturated heterocycles. The van der Waals surface area contributed by atoms with Gasteiger partial charge in [-0.25, -0.2) is 0 Å². The molecule has 0 bridgehead atoms. The van der Waals surface area contributed by atoms with Crippen LogP contribution >= 0.6 is 24.8 Å². The minimum Gasteiger partial charge on any atom is -0.303 e. The summed E-state index contributed by atoms with van der Waals surface area (Å²) in [6.45, 7) is 2.27. The molecule has 0 aliphatic rings. The van der Waals surface area contributed by atoms with Crippen molar-refractivity contribution in [1.82, 2.24) is 0 Å². The van der Waals surface area contributed by atoms with E-state index in [0.29, 0.717) is 0 Å². The normalized spacial score (nSPS) is 9.26. The van der Waals surface area contributed by atoms with Crippen LogP contribution in [0, 0.1) is 0 Å². The number of unbranched alkanes of at least 4 members (excludes halogenated alkanes) is 12. The molecule has 0 aromatic rings. The first kappa shape index (κ1) is 34.4. The minimum absolute atomic E-state index is 0. The summed E-state index contributed by atoms with van der Waals surface area (Å²) in [7, 11) is 0. The van der Waals surface area contributed by atoms with Gasteiger partial charge in [-0.05, 0) is 32.1 Å². The molecule has 0 aliphatic carbocycles. The van der Waals surface area contributed by atoms with E-state index in [1.807, 2.05) is 0 Å². The Labute approximate surface area is 159 Å². The highest BCUT2D eigenvalue weighted by Crippen LogP contribution is 2.09. The number of aldehydes is 1. The van der Waals surface area contributed by atoms with E-state index in [1.165, 1.54) is 77.0 Å². The van der Waals surface area contributed by atoms with Gasteiger partial charge in [-0.15, -0.1) is 24.8 Å². The summed E-state index contributed by atoms with van der Waals surface area (Å²) in [6, 6.07) is 0.